The molecule has 0 N–H and O–H groups in total. The van der Waals surface area contributed by atoms with Gasteiger partial charge < -0.3 is 9.64 Å². The molecule has 0 bridgehead atoms. The lowest BCUT2D eigenvalue weighted by Crippen LogP contribution is -2.47. The van der Waals surface area contributed by atoms with Crippen LogP contribution in [0.25, 0.3) is 0 Å². The Bertz CT molecular complexity index is 824. The van der Waals surface area contributed by atoms with Crippen molar-refractivity contribution in [2.45, 2.75) is 38.4 Å². The van der Waals surface area contributed by atoms with Gasteiger partial charge in [-0.05, 0) is 47.9 Å². The lowest BCUT2D eigenvalue weighted by molar-refractivity contribution is -0.188. The van der Waals surface area contributed by atoms with Gasteiger partial charge in [-0.1, -0.05) is 12.1 Å². The first-order chi connectivity index (χ1) is 13.3. The van der Waals surface area contributed by atoms with Crippen LogP contribution in [0.1, 0.15) is 30.3 Å². The molecule has 7 nitrogen and oxygen atoms in total. The van der Waals surface area contributed by atoms with Crippen LogP contribution >= 0.6 is 0 Å². The number of hydrogen-bond donors (Lipinski definition) is 0. The van der Waals surface area contributed by atoms with Crippen LogP contribution < -0.4 is 4.74 Å². The number of carbonyl (C=O) groups excluding carboxylic acids is 1. The second-order valence-corrected chi connectivity index (χ2v) is 6.91. The maximum Gasteiger partial charge on any atom is 0.393 e. The predicted octanol–water partition coefficient (Wildman–Crippen LogP) is 2.57. The average molecular weight is 397 g/mol. The number of tetrazole rings is 1. The van der Waals surface area contributed by atoms with E-state index < -0.39 is 24.0 Å². The summed E-state index contributed by atoms with van der Waals surface area (Å²) in [6.07, 6.45) is -3.71. The highest BCUT2D eigenvalue weighted by molar-refractivity contribution is 5.81. The van der Waals surface area contributed by atoms with Crippen molar-refractivity contribution in [1.82, 2.24) is 25.1 Å². The summed E-state index contributed by atoms with van der Waals surface area (Å²) in [4.78, 5) is 14.5. The van der Waals surface area contributed by atoms with Crippen LogP contribution in [0.15, 0.2) is 24.3 Å². The number of amides is 1. The van der Waals surface area contributed by atoms with E-state index in [1.807, 2.05) is 6.07 Å². The minimum atomic E-state index is -4.31. The van der Waals surface area contributed by atoms with Crippen LogP contribution in [-0.2, 0) is 11.2 Å². The Morgan fingerprint density at radius 2 is 2.18 bits per heavy atom. The first-order valence-electron chi connectivity index (χ1n) is 9.02. The topological polar surface area (TPSA) is 73.1 Å². The highest BCUT2D eigenvalue weighted by Gasteiger charge is 2.43. The van der Waals surface area contributed by atoms with Crippen LogP contribution in [-0.4, -0.2) is 57.4 Å². The SMILES string of the molecule is COc1cccc(C[C@@H](C(=O)N2CCC[C@@H](C(F)(F)F)C2)n2nnnc2C)c1. The van der Waals surface area contributed by atoms with E-state index in [9.17, 15) is 18.0 Å². The van der Waals surface area contributed by atoms with Crippen molar-refractivity contribution in [1.29, 1.82) is 0 Å². The monoisotopic (exact) mass is 397 g/mol. The van der Waals surface area contributed by atoms with Crippen molar-refractivity contribution in [3.8, 4) is 5.75 Å². The standard InChI is InChI=1S/C18H22F3N5O2/c1-12-22-23-24-26(12)16(10-13-5-3-7-15(9-13)28-2)17(27)25-8-4-6-14(11-25)18(19,20)21/h3,5,7,9,14,16H,4,6,8,10-11H2,1-2H3/t14-,16+/m1/s1. The molecule has 1 aromatic heterocycles. The van der Waals surface area contributed by atoms with Gasteiger partial charge in [0.25, 0.3) is 0 Å². The van der Waals surface area contributed by atoms with E-state index >= 15 is 0 Å². The van der Waals surface area contributed by atoms with Crippen molar-refractivity contribution in [3.63, 3.8) is 0 Å². The number of alkyl halides is 3. The number of benzene rings is 1. The number of halogens is 3. The molecule has 1 aliphatic rings. The molecule has 2 aromatic rings. The number of carbonyl (C=O) groups is 1. The molecule has 152 valence electrons. The second-order valence-electron chi connectivity index (χ2n) is 6.91. The molecular weight excluding hydrogens is 375 g/mol. The molecule has 1 saturated heterocycles. The van der Waals surface area contributed by atoms with Crippen molar-refractivity contribution >= 4 is 5.91 Å². The van der Waals surface area contributed by atoms with Crippen LogP contribution in [0.5, 0.6) is 5.75 Å². The second kappa shape index (κ2) is 8.15. The van der Waals surface area contributed by atoms with Gasteiger partial charge in [0, 0.05) is 19.5 Å². The lowest BCUT2D eigenvalue weighted by Gasteiger charge is -2.35. The lowest BCUT2D eigenvalue weighted by atomic mass is 9.96. The number of hydrogen-bond acceptors (Lipinski definition) is 5. The summed E-state index contributed by atoms with van der Waals surface area (Å²) >= 11 is 0. The van der Waals surface area contributed by atoms with Gasteiger partial charge >= 0.3 is 6.18 Å². The highest BCUT2D eigenvalue weighted by Crippen LogP contribution is 2.34. The van der Waals surface area contributed by atoms with E-state index in [2.05, 4.69) is 15.5 Å². The van der Waals surface area contributed by atoms with Crippen molar-refractivity contribution < 1.29 is 22.7 Å². The molecule has 0 radical (unpaired) electrons. The minimum absolute atomic E-state index is 0.0394. The Morgan fingerprint density at radius 1 is 1.39 bits per heavy atom. The number of likely N-dealkylation sites (tertiary alicyclic amines) is 1. The van der Waals surface area contributed by atoms with E-state index in [-0.39, 0.29) is 19.4 Å². The summed E-state index contributed by atoms with van der Waals surface area (Å²) in [5.74, 6) is -0.859. The molecule has 2 heterocycles. The third kappa shape index (κ3) is 4.42. The smallest absolute Gasteiger partial charge is 0.393 e. The molecule has 28 heavy (non-hydrogen) atoms. The minimum Gasteiger partial charge on any atom is -0.497 e. The number of aromatic nitrogens is 4. The van der Waals surface area contributed by atoms with E-state index in [1.54, 1.807) is 25.1 Å². The molecule has 1 fully saturated rings. The molecule has 1 aromatic carbocycles. The Hall–Kier alpha value is -2.65. The molecule has 0 aliphatic carbocycles. The van der Waals surface area contributed by atoms with E-state index in [0.717, 1.165) is 5.56 Å². The van der Waals surface area contributed by atoms with Gasteiger partial charge in [0.15, 0.2) is 0 Å². The van der Waals surface area contributed by atoms with Gasteiger partial charge in [0.05, 0.1) is 13.0 Å². The molecule has 10 heteroatoms. The molecule has 3 rings (SSSR count). The number of methoxy groups -OCH3 is 1. The van der Waals surface area contributed by atoms with Crippen LogP contribution in [0, 0.1) is 12.8 Å². The van der Waals surface area contributed by atoms with Crippen molar-refractivity contribution in [3.05, 3.63) is 35.7 Å². The third-order valence-electron chi connectivity index (χ3n) is 5.00. The van der Waals surface area contributed by atoms with Gasteiger partial charge in [-0.2, -0.15) is 13.2 Å². The summed E-state index contributed by atoms with van der Waals surface area (Å²) in [6, 6.07) is 6.37. The fourth-order valence-corrected chi connectivity index (χ4v) is 3.48. The van der Waals surface area contributed by atoms with Gasteiger partial charge in [0.1, 0.15) is 17.6 Å². The van der Waals surface area contributed by atoms with Gasteiger partial charge in [-0.3, -0.25) is 4.79 Å². The Balaban J connectivity index is 1.86. The molecule has 0 spiro atoms. The van der Waals surface area contributed by atoms with E-state index in [0.29, 0.717) is 24.5 Å². The van der Waals surface area contributed by atoms with E-state index in [1.165, 1.54) is 16.7 Å². The quantitative estimate of drug-likeness (QED) is 0.775. The highest BCUT2D eigenvalue weighted by atomic mass is 19.4. The number of ether oxygens (including phenoxy) is 1. The Kier molecular flexibility index (Phi) is 5.85. The van der Waals surface area contributed by atoms with Crippen molar-refractivity contribution in [2.24, 2.45) is 5.92 Å². The van der Waals surface area contributed by atoms with Crippen molar-refractivity contribution in [2.75, 3.05) is 20.2 Å². The Morgan fingerprint density at radius 3 is 2.82 bits per heavy atom. The zero-order chi connectivity index (χ0) is 20.3. The number of nitrogens with zero attached hydrogens (tertiary/aromatic N) is 5. The fraction of sp³-hybridized carbons (Fsp3) is 0.556. The third-order valence-corrected chi connectivity index (χ3v) is 5.00. The summed E-state index contributed by atoms with van der Waals surface area (Å²) in [7, 11) is 1.54. The molecule has 1 aliphatic heterocycles. The van der Waals surface area contributed by atoms with Gasteiger partial charge in [0.2, 0.25) is 5.91 Å². The maximum absolute atomic E-state index is 13.2. The molecule has 1 amide bonds. The maximum atomic E-state index is 13.2. The number of piperidine rings is 1. The number of aryl methyl sites for hydroxylation is 1. The first kappa shape index (κ1) is 20.1. The largest absolute Gasteiger partial charge is 0.497 e. The van der Waals surface area contributed by atoms with Gasteiger partial charge in [-0.15, -0.1) is 5.10 Å². The average Bonchev–Trinajstić information content (AvgIpc) is 3.11. The Labute approximate surface area is 160 Å². The van der Waals surface area contributed by atoms with Crippen LogP contribution in [0.4, 0.5) is 13.2 Å². The van der Waals surface area contributed by atoms with Crippen LogP contribution in [0.2, 0.25) is 0 Å². The summed E-state index contributed by atoms with van der Waals surface area (Å²) in [6.45, 7) is 1.61. The summed E-state index contributed by atoms with van der Waals surface area (Å²) in [5, 5.41) is 11.3. The zero-order valence-electron chi connectivity index (χ0n) is 15.7. The normalized spacial score (nSPS) is 18.8. The molecule has 0 unspecified atom stereocenters. The summed E-state index contributed by atoms with van der Waals surface area (Å²) in [5.41, 5.74) is 0.803. The molecular formula is C18H22F3N5O2. The van der Waals surface area contributed by atoms with Crippen LogP contribution in [0.3, 0.4) is 0 Å². The number of rotatable bonds is 5. The molecule has 2 atom stereocenters. The summed E-state index contributed by atoms with van der Waals surface area (Å²) < 4.78 is 46.1. The zero-order valence-corrected chi connectivity index (χ0v) is 15.7. The first-order valence-corrected chi connectivity index (χ1v) is 9.02. The molecule has 0 saturated carbocycles. The fourth-order valence-electron chi connectivity index (χ4n) is 3.48. The van der Waals surface area contributed by atoms with Gasteiger partial charge in [-0.25, -0.2) is 4.68 Å². The van der Waals surface area contributed by atoms with E-state index in [4.69, 9.17) is 4.74 Å². The predicted molar refractivity (Wildman–Crippen MR) is 93.6 cm³/mol.